The van der Waals surface area contributed by atoms with Gasteiger partial charge < -0.3 is 19.7 Å². The average molecular weight is 437 g/mol. The number of aromatic hydroxyl groups is 1. The van der Waals surface area contributed by atoms with Crippen LogP contribution in [0.25, 0.3) is 10.8 Å². The Morgan fingerprint density at radius 3 is 2.42 bits per heavy atom. The van der Waals surface area contributed by atoms with Gasteiger partial charge in [0.05, 0.1) is 6.54 Å². The molecule has 0 unspecified atom stereocenters. The lowest BCUT2D eigenvalue weighted by molar-refractivity contribution is -0.153. The highest BCUT2D eigenvalue weighted by Crippen LogP contribution is 2.35. The molecule has 1 aliphatic heterocycles. The molecule has 2 aromatic carbocycles. The Labute approximate surface area is 172 Å². The molecule has 0 spiro atoms. The van der Waals surface area contributed by atoms with Gasteiger partial charge in [0.25, 0.3) is 5.91 Å². The second-order valence-electron chi connectivity index (χ2n) is 7.05. The molecule has 11 heteroatoms. The summed E-state index contributed by atoms with van der Waals surface area (Å²) in [7, 11) is 0. The molecule has 1 fully saturated rings. The fraction of sp³-hybridized carbons (Fsp3) is 0.200. The van der Waals surface area contributed by atoms with Crippen LogP contribution in [-0.2, 0) is 16.9 Å². The van der Waals surface area contributed by atoms with Crippen molar-refractivity contribution in [2.75, 3.05) is 6.61 Å². The fourth-order valence-electron chi connectivity index (χ4n) is 3.49. The number of ether oxygens (including phenoxy) is 1. The van der Waals surface area contributed by atoms with Crippen LogP contribution in [0.15, 0.2) is 48.7 Å². The third kappa shape index (κ3) is 3.86. The summed E-state index contributed by atoms with van der Waals surface area (Å²) in [5.41, 5.74) is -1.35. The molecule has 3 aromatic rings. The lowest BCUT2D eigenvalue weighted by atomic mass is 9.89. The number of nitrogens with one attached hydrogen (secondary N) is 2. The number of hydrogen-bond donors (Lipinski definition) is 3. The quantitative estimate of drug-likeness (QED) is 0.422. The molecule has 162 valence electrons. The second-order valence-corrected chi connectivity index (χ2v) is 7.05. The Kier molecular flexibility index (Phi) is 4.75. The minimum atomic E-state index is -4.52. The second kappa shape index (κ2) is 7.18. The highest BCUT2D eigenvalue weighted by atomic mass is 19.4. The van der Waals surface area contributed by atoms with Gasteiger partial charge in [-0.05, 0) is 35.9 Å². The van der Waals surface area contributed by atoms with E-state index >= 15 is 0 Å². The number of rotatable bonds is 5. The van der Waals surface area contributed by atoms with Gasteiger partial charge in [0.15, 0.2) is 18.0 Å². The van der Waals surface area contributed by atoms with Crippen LogP contribution in [0.4, 0.5) is 22.4 Å². The summed E-state index contributed by atoms with van der Waals surface area (Å²) in [6.45, 7) is -1.74. The Morgan fingerprint density at radius 1 is 1.10 bits per heavy atom. The molecule has 4 rings (SSSR count). The van der Waals surface area contributed by atoms with Crippen LogP contribution >= 0.6 is 0 Å². The molecule has 1 aromatic heterocycles. The molecule has 1 saturated heterocycles. The highest BCUT2D eigenvalue weighted by Gasteiger charge is 2.48. The minimum Gasteiger partial charge on any atom is -0.494 e. The van der Waals surface area contributed by atoms with Crippen molar-refractivity contribution < 1.29 is 37.0 Å². The van der Waals surface area contributed by atoms with Crippen molar-refractivity contribution in [2.24, 2.45) is 0 Å². The average Bonchev–Trinajstić information content (AvgIpc) is 3.16. The molecule has 3 N–H and O–H groups in total. The normalized spacial score (nSPS) is 18.8. The lowest BCUT2D eigenvalue weighted by Gasteiger charge is -2.27. The highest BCUT2D eigenvalue weighted by molar-refractivity contribution is 6.07. The number of alkyl halides is 3. The maximum atomic E-state index is 13.4. The Balaban J connectivity index is 1.71. The van der Waals surface area contributed by atoms with Gasteiger partial charge in [0.2, 0.25) is 0 Å². The predicted molar refractivity (Wildman–Crippen MR) is 99.9 cm³/mol. The van der Waals surface area contributed by atoms with Crippen LogP contribution < -0.4 is 15.4 Å². The number of imide groups is 1. The van der Waals surface area contributed by atoms with Crippen molar-refractivity contribution in [3.63, 3.8) is 0 Å². The van der Waals surface area contributed by atoms with Crippen molar-refractivity contribution in [1.82, 2.24) is 15.2 Å². The van der Waals surface area contributed by atoms with Crippen molar-refractivity contribution in [3.05, 3.63) is 60.0 Å². The molecule has 1 atom stereocenters. The molecular formula is C20H15F4N3O4. The zero-order valence-electron chi connectivity index (χ0n) is 15.7. The molecule has 0 aliphatic carbocycles. The van der Waals surface area contributed by atoms with Crippen molar-refractivity contribution in [3.8, 4) is 11.6 Å². The molecule has 2 heterocycles. The van der Waals surface area contributed by atoms with Gasteiger partial charge in [-0.2, -0.15) is 13.2 Å². The van der Waals surface area contributed by atoms with Gasteiger partial charge in [-0.3, -0.25) is 10.1 Å². The number of urea groups is 1. The van der Waals surface area contributed by atoms with Crippen LogP contribution in [0.1, 0.15) is 5.56 Å². The summed E-state index contributed by atoms with van der Waals surface area (Å²) in [5, 5.41) is 15.9. The van der Waals surface area contributed by atoms with Crippen molar-refractivity contribution in [1.29, 1.82) is 0 Å². The number of amides is 3. The van der Waals surface area contributed by atoms with Gasteiger partial charge in [0, 0.05) is 17.0 Å². The first kappa shape index (κ1) is 20.5. The first-order valence-electron chi connectivity index (χ1n) is 8.98. The number of hydrogen-bond acceptors (Lipinski definition) is 4. The van der Waals surface area contributed by atoms with E-state index < -0.39 is 36.1 Å². The summed E-state index contributed by atoms with van der Waals surface area (Å²) in [5.74, 6) is -1.68. The number of carbonyl (C=O) groups is 2. The van der Waals surface area contributed by atoms with Gasteiger partial charge in [-0.1, -0.05) is 12.1 Å². The van der Waals surface area contributed by atoms with E-state index in [9.17, 15) is 32.3 Å². The first-order chi connectivity index (χ1) is 14.6. The Hall–Kier alpha value is -3.76. The van der Waals surface area contributed by atoms with E-state index in [0.717, 1.165) is 12.1 Å². The molecule has 0 saturated carbocycles. The van der Waals surface area contributed by atoms with E-state index in [4.69, 9.17) is 4.74 Å². The third-order valence-electron chi connectivity index (χ3n) is 4.92. The van der Waals surface area contributed by atoms with Crippen molar-refractivity contribution >= 4 is 22.7 Å². The summed E-state index contributed by atoms with van der Waals surface area (Å²) in [4.78, 5) is 24.5. The predicted octanol–water partition coefficient (Wildman–Crippen LogP) is 3.16. The number of aromatic nitrogens is 1. The van der Waals surface area contributed by atoms with Crippen LogP contribution in [0.2, 0.25) is 0 Å². The molecule has 3 amide bonds. The number of benzene rings is 2. The Bertz CT molecular complexity index is 1170. The molecule has 1 aliphatic rings. The van der Waals surface area contributed by atoms with E-state index in [2.05, 4.69) is 10.6 Å². The van der Waals surface area contributed by atoms with E-state index in [-0.39, 0.29) is 29.1 Å². The largest absolute Gasteiger partial charge is 0.494 e. The molecular weight excluding hydrogens is 422 g/mol. The maximum Gasteiger partial charge on any atom is 0.422 e. The van der Waals surface area contributed by atoms with E-state index in [1.807, 2.05) is 0 Å². The van der Waals surface area contributed by atoms with Crippen LogP contribution in [0.5, 0.6) is 11.6 Å². The third-order valence-corrected chi connectivity index (χ3v) is 4.92. The van der Waals surface area contributed by atoms with E-state index in [1.54, 1.807) is 0 Å². The molecule has 0 radical (unpaired) electrons. The van der Waals surface area contributed by atoms with Gasteiger partial charge in [-0.15, -0.1) is 0 Å². The maximum absolute atomic E-state index is 13.4. The summed E-state index contributed by atoms with van der Waals surface area (Å²) < 4.78 is 56.5. The van der Waals surface area contributed by atoms with Gasteiger partial charge in [-0.25, -0.2) is 9.18 Å². The number of fused-ring (bicyclic) bond motifs is 1. The van der Waals surface area contributed by atoms with Crippen LogP contribution in [0, 0.1) is 5.82 Å². The van der Waals surface area contributed by atoms with Crippen LogP contribution in [0.3, 0.4) is 0 Å². The summed E-state index contributed by atoms with van der Waals surface area (Å²) in [6, 6.07) is 8.19. The summed E-state index contributed by atoms with van der Waals surface area (Å²) >= 11 is 0. The molecule has 0 bridgehead atoms. The SMILES string of the molecule is O=C1NC(=O)[C@](Cn2cc3ccc(OCC(F)(F)F)cc3c2O)(c2ccc(F)cc2)N1. The van der Waals surface area contributed by atoms with Crippen molar-refractivity contribution in [2.45, 2.75) is 18.3 Å². The van der Waals surface area contributed by atoms with E-state index in [1.165, 1.54) is 41.1 Å². The van der Waals surface area contributed by atoms with Crippen LogP contribution in [-0.4, -0.2) is 34.4 Å². The smallest absolute Gasteiger partial charge is 0.422 e. The Morgan fingerprint density at radius 2 is 1.81 bits per heavy atom. The number of nitrogens with zero attached hydrogens (tertiary/aromatic N) is 1. The number of halogens is 4. The minimum absolute atomic E-state index is 0.0990. The first-order valence-corrected chi connectivity index (χ1v) is 8.98. The topological polar surface area (TPSA) is 92.6 Å². The molecule has 31 heavy (non-hydrogen) atoms. The zero-order valence-corrected chi connectivity index (χ0v) is 15.7. The summed E-state index contributed by atoms with van der Waals surface area (Å²) in [6.07, 6.45) is -3.04. The standard InChI is InChI=1S/C20H15F4N3O4/c21-13-4-2-12(3-5-13)19(17(29)25-18(30)26-19)9-27-8-11-1-6-14(7-15(11)16(27)28)31-10-20(22,23)24/h1-8,28H,9-10H2,(H2,25,26,29,30)/t19-/m0/s1. The van der Waals surface area contributed by atoms with E-state index in [0.29, 0.717) is 5.39 Å². The zero-order chi connectivity index (χ0) is 22.4. The number of carbonyl (C=O) groups excluding carboxylic acids is 2. The monoisotopic (exact) mass is 437 g/mol. The van der Waals surface area contributed by atoms with Gasteiger partial charge >= 0.3 is 12.2 Å². The fourth-order valence-corrected chi connectivity index (χ4v) is 3.49. The lowest BCUT2D eigenvalue weighted by Crippen LogP contribution is -2.47. The van der Waals surface area contributed by atoms with Gasteiger partial charge in [0.1, 0.15) is 11.6 Å². The molecule has 7 nitrogen and oxygen atoms in total.